The highest BCUT2D eigenvalue weighted by Crippen LogP contribution is 2.16. The van der Waals surface area contributed by atoms with Gasteiger partial charge in [-0.1, -0.05) is 23.4 Å². The van der Waals surface area contributed by atoms with Crippen molar-refractivity contribution in [2.75, 3.05) is 13.2 Å². The smallest absolute Gasteiger partial charge is 0.251 e. The van der Waals surface area contributed by atoms with E-state index in [4.69, 9.17) is 16.7 Å². The molecule has 0 fully saturated rings. The lowest BCUT2D eigenvalue weighted by Crippen LogP contribution is -2.27. The lowest BCUT2D eigenvalue weighted by atomic mass is 10.1. The summed E-state index contributed by atoms with van der Waals surface area (Å²) >= 11 is 6.05. The molecule has 0 saturated heterocycles. The molecule has 0 aliphatic rings. The molecule has 1 heterocycles. The molecule has 2 rings (SSSR count). The van der Waals surface area contributed by atoms with Crippen LogP contribution in [0.5, 0.6) is 0 Å². The summed E-state index contributed by atoms with van der Waals surface area (Å²) in [5.74, 6) is 5.03. The van der Waals surface area contributed by atoms with Crippen LogP contribution in [0.15, 0.2) is 36.7 Å². The average Bonchev–Trinajstić information content (AvgIpc) is 2.99. The molecule has 0 saturated carbocycles. The lowest BCUT2D eigenvalue weighted by Gasteiger charge is -2.06. The first-order valence-electron chi connectivity index (χ1n) is 6.35. The van der Waals surface area contributed by atoms with Gasteiger partial charge in [0.1, 0.15) is 6.61 Å². The molecule has 0 aliphatic carbocycles. The normalized spacial score (nSPS) is 9.81. The van der Waals surface area contributed by atoms with Crippen LogP contribution in [-0.2, 0) is 6.54 Å². The fraction of sp³-hybridized carbons (Fsp3) is 0.200. The SMILES string of the molecule is O=C(NCCn1cccn1)c1ccc(C#CCO)c(Cl)c1. The van der Waals surface area contributed by atoms with Gasteiger partial charge in [0, 0.05) is 30.1 Å². The molecule has 1 amide bonds. The molecule has 0 bridgehead atoms. The van der Waals surface area contributed by atoms with Crippen LogP contribution in [0.3, 0.4) is 0 Å². The highest BCUT2D eigenvalue weighted by atomic mass is 35.5. The number of aromatic nitrogens is 2. The number of amides is 1. The van der Waals surface area contributed by atoms with Gasteiger partial charge in [-0.2, -0.15) is 5.10 Å². The van der Waals surface area contributed by atoms with E-state index in [1.807, 2.05) is 12.3 Å². The van der Waals surface area contributed by atoms with Crippen LogP contribution in [0, 0.1) is 11.8 Å². The van der Waals surface area contributed by atoms with Crippen molar-refractivity contribution in [3.63, 3.8) is 0 Å². The number of aliphatic hydroxyl groups is 1. The summed E-state index contributed by atoms with van der Waals surface area (Å²) in [7, 11) is 0. The Morgan fingerprint density at radius 2 is 2.33 bits per heavy atom. The van der Waals surface area contributed by atoms with Crippen LogP contribution in [0.1, 0.15) is 15.9 Å². The van der Waals surface area contributed by atoms with Gasteiger partial charge in [0.25, 0.3) is 5.91 Å². The molecule has 5 nitrogen and oxygen atoms in total. The second-order valence-corrected chi connectivity index (χ2v) is 4.59. The summed E-state index contributed by atoms with van der Waals surface area (Å²) < 4.78 is 1.74. The van der Waals surface area contributed by atoms with E-state index < -0.39 is 0 Å². The topological polar surface area (TPSA) is 67.2 Å². The van der Waals surface area contributed by atoms with Crippen molar-refractivity contribution in [3.05, 3.63) is 52.8 Å². The predicted molar refractivity (Wildman–Crippen MR) is 80.0 cm³/mol. The molecule has 21 heavy (non-hydrogen) atoms. The fourth-order valence-electron chi connectivity index (χ4n) is 1.71. The molecule has 0 unspecified atom stereocenters. The zero-order chi connectivity index (χ0) is 15.1. The Kier molecular flexibility index (Phi) is 5.38. The zero-order valence-corrected chi connectivity index (χ0v) is 12.0. The van der Waals surface area contributed by atoms with E-state index in [-0.39, 0.29) is 12.5 Å². The van der Waals surface area contributed by atoms with Crippen LogP contribution in [-0.4, -0.2) is 33.9 Å². The van der Waals surface area contributed by atoms with Crippen LogP contribution >= 0.6 is 11.6 Å². The minimum Gasteiger partial charge on any atom is -0.384 e. The van der Waals surface area contributed by atoms with Crippen molar-refractivity contribution in [1.82, 2.24) is 15.1 Å². The molecule has 1 aromatic heterocycles. The van der Waals surface area contributed by atoms with Gasteiger partial charge < -0.3 is 10.4 Å². The lowest BCUT2D eigenvalue weighted by molar-refractivity contribution is 0.0952. The minimum absolute atomic E-state index is 0.203. The maximum Gasteiger partial charge on any atom is 0.251 e. The van der Waals surface area contributed by atoms with Crippen molar-refractivity contribution >= 4 is 17.5 Å². The zero-order valence-electron chi connectivity index (χ0n) is 11.2. The van der Waals surface area contributed by atoms with Gasteiger partial charge in [-0.05, 0) is 24.3 Å². The molecule has 108 valence electrons. The third-order valence-electron chi connectivity index (χ3n) is 2.72. The number of nitrogens with zero attached hydrogens (tertiary/aromatic N) is 2. The van der Waals surface area contributed by atoms with E-state index in [0.29, 0.717) is 29.2 Å². The Hall–Kier alpha value is -2.29. The summed E-state index contributed by atoms with van der Waals surface area (Å²) in [6.45, 7) is 0.850. The largest absolute Gasteiger partial charge is 0.384 e. The Morgan fingerprint density at radius 3 is 3.00 bits per heavy atom. The van der Waals surface area contributed by atoms with Crippen LogP contribution < -0.4 is 5.32 Å². The molecule has 6 heteroatoms. The maximum absolute atomic E-state index is 12.0. The molecular weight excluding hydrogens is 290 g/mol. The van der Waals surface area contributed by atoms with E-state index in [1.54, 1.807) is 29.1 Å². The minimum atomic E-state index is -0.230. The van der Waals surface area contributed by atoms with E-state index in [2.05, 4.69) is 22.3 Å². The molecular formula is C15H14ClN3O2. The molecule has 1 aromatic carbocycles. The fourth-order valence-corrected chi connectivity index (χ4v) is 1.94. The molecule has 0 radical (unpaired) electrons. The summed E-state index contributed by atoms with van der Waals surface area (Å²) in [4.78, 5) is 12.0. The van der Waals surface area contributed by atoms with Gasteiger partial charge in [-0.15, -0.1) is 0 Å². The van der Waals surface area contributed by atoms with Crippen LogP contribution in [0.4, 0.5) is 0 Å². The number of rotatable bonds is 4. The third kappa shape index (κ3) is 4.35. The number of nitrogens with one attached hydrogen (secondary N) is 1. The number of hydrogen-bond acceptors (Lipinski definition) is 3. The van der Waals surface area contributed by atoms with Crippen molar-refractivity contribution in [1.29, 1.82) is 0 Å². The first-order valence-corrected chi connectivity index (χ1v) is 6.73. The van der Waals surface area contributed by atoms with Gasteiger partial charge in [0.2, 0.25) is 0 Å². The second-order valence-electron chi connectivity index (χ2n) is 4.18. The summed E-state index contributed by atoms with van der Waals surface area (Å²) in [5.41, 5.74) is 1.05. The van der Waals surface area contributed by atoms with Crippen molar-refractivity contribution in [2.45, 2.75) is 6.54 Å². The van der Waals surface area contributed by atoms with Gasteiger partial charge in [0.15, 0.2) is 0 Å². The van der Waals surface area contributed by atoms with E-state index in [0.717, 1.165) is 0 Å². The summed E-state index contributed by atoms with van der Waals surface area (Å²) in [6.07, 6.45) is 3.52. The number of carbonyl (C=O) groups is 1. The summed E-state index contributed by atoms with van der Waals surface area (Å²) in [5, 5.41) is 15.9. The molecule has 2 N–H and O–H groups in total. The van der Waals surface area contributed by atoms with Crippen molar-refractivity contribution in [2.24, 2.45) is 0 Å². The predicted octanol–water partition coefficient (Wildman–Crippen LogP) is 1.31. The number of hydrogen-bond donors (Lipinski definition) is 2. The average molecular weight is 304 g/mol. The molecule has 0 atom stereocenters. The van der Waals surface area contributed by atoms with Crippen molar-refractivity contribution < 1.29 is 9.90 Å². The Balaban J connectivity index is 1.94. The molecule has 0 spiro atoms. The maximum atomic E-state index is 12.0. The monoisotopic (exact) mass is 303 g/mol. The second kappa shape index (κ2) is 7.48. The first kappa shape index (κ1) is 15.1. The van der Waals surface area contributed by atoms with Gasteiger partial charge in [-0.25, -0.2) is 0 Å². The van der Waals surface area contributed by atoms with Crippen LogP contribution in [0.2, 0.25) is 5.02 Å². The van der Waals surface area contributed by atoms with Crippen LogP contribution in [0.25, 0.3) is 0 Å². The van der Waals surface area contributed by atoms with E-state index >= 15 is 0 Å². The van der Waals surface area contributed by atoms with Crippen molar-refractivity contribution in [3.8, 4) is 11.8 Å². The van der Waals surface area contributed by atoms with Gasteiger partial charge in [0.05, 0.1) is 11.6 Å². The highest BCUT2D eigenvalue weighted by Gasteiger charge is 2.07. The molecule has 2 aromatic rings. The standard InChI is InChI=1S/C15H14ClN3O2/c16-14-11-13(5-4-12(14)3-1-10-20)15(21)17-7-9-19-8-2-6-18-19/h2,4-6,8,11,20H,7,9-10H2,(H,17,21). The Morgan fingerprint density at radius 1 is 1.48 bits per heavy atom. The molecule has 0 aliphatic heterocycles. The van der Waals surface area contributed by atoms with Gasteiger partial charge in [-0.3, -0.25) is 9.48 Å². The first-order chi connectivity index (χ1) is 10.2. The highest BCUT2D eigenvalue weighted by molar-refractivity contribution is 6.32. The quantitative estimate of drug-likeness (QED) is 0.837. The third-order valence-corrected chi connectivity index (χ3v) is 3.03. The number of halogens is 1. The summed E-state index contributed by atoms with van der Waals surface area (Å²) in [6, 6.07) is 6.70. The number of benzene rings is 1. The Bertz CT molecular complexity index is 672. The van der Waals surface area contributed by atoms with E-state index in [1.165, 1.54) is 0 Å². The van der Waals surface area contributed by atoms with E-state index in [9.17, 15) is 4.79 Å². The number of aliphatic hydroxyl groups excluding tert-OH is 1. The number of carbonyl (C=O) groups excluding carboxylic acids is 1. The Labute approximate surface area is 127 Å². The van der Waals surface area contributed by atoms with Gasteiger partial charge >= 0.3 is 0 Å².